The van der Waals surface area contributed by atoms with Gasteiger partial charge in [0.2, 0.25) is 0 Å². The second-order valence-corrected chi connectivity index (χ2v) is 1.03. The van der Waals surface area contributed by atoms with Gasteiger partial charge in [0.15, 0.2) is 0 Å². The van der Waals surface area contributed by atoms with E-state index in [-0.39, 0.29) is 5.69 Å². The topological polar surface area (TPSA) is 62.5 Å². The van der Waals surface area contributed by atoms with E-state index in [1.807, 2.05) is 0 Å². The Balaban J connectivity index is 3.02. The zero-order valence-corrected chi connectivity index (χ0v) is 3.50. The predicted octanol–water partition coefficient (Wildman–Crippen LogP) is -0.214. The highest BCUT2D eigenvalue weighted by molar-refractivity contribution is 5.22. The first-order valence-electron chi connectivity index (χ1n) is 1.74. The number of hydrogen-bond donors (Lipinski definition) is 0. The van der Waals surface area contributed by atoms with Gasteiger partial charge >= 0.3 is 0 Å². The molecule has 0 fully saturated rings. The van der Waals surface area contributed by atoms with Gasteiger partial charge in [-0.25, -0.2) is 0 Å². The van der Waals surface area contributed by atoms with Gasteiger partial charge in [0.05, 0.1) is 18.1 Å². The Morgan fingerprint density at radius 3 is 2.14 bits per heavy atom. The summed E-state index contributed by atoms with van der Waals surface area (Å²) in [5.74, 6) is 0. The van der Waals surface area contributed by atoms with Crippen molar-refractivity contribution in [3.63, 3.8) is 0 Å². The molecule has 0 saturated carbocycles. The number of hydrogen-bond acceptors (Lipinski definition) is 3. The van der Waals surface area contributed by atoms with Crippen molar-refractivity contribution in [2.45, 2.75) is 0 Å². The van der Waals surface area contributed by atoms with Crippen molar-refractivity contribution in [2.75, 3.05) is 0 Å². The first kappa shape index (κ1) is 3.98. The van der Waals surface area contributed by atoms with Gasteiger partial charge in [-0.05, 0) is 5.21 Å². The van der Waals surface area contributed by atoms with Crippen LogP contribution in [0.1, 0.15) is 0 Å². The molecule has 1 radical (unpaired) electrons. The normalized spacial score (nSPS) is 8.57. The molecule has 4 nitrogen and oxygen atoms in total. The number of aromatic nitrogens is 3. The monoisotopic (exact) mass is 95.0 g/mol. The van der Waals surface area contributed by atoms with Crippen molar-refractivity contribution in [3.05, 3.63) is 12.4 Å². The Kier molecular flexibility index (Phi) is 0.856. The molecule has 0 aromatic carbocycles. The Labute approximate surface area is 40.4 Å². The number of rotatable bonds is 0. The van der Waals surface area contributed by atoms with Crippen molar-refractivity contribution in [1.29, 1.82) is 0 Å². The first-order valence-corrected chi connectivity index (χ1v) is 1.74. The third-order valence-corrected chi connectivity index (χ3v) is 0.497. The third-order valence-electron chi connectivity index (χ3n) is 0.497. The maximum Gasteiger partial charge on any atom is 0.0944 e. The molecule has 1 rings (SSSR count). The molecular weight excluding hydrogens is 92.1 g/mol. The summed E-state index contributed by atoms with van der Waals surface area (Å²) in [5.41, 5.74) is 7.12. The van der Waals surface area contributed by atoms with Gasteiger partial charge in [-0.3, -0.25) is 5.73 Å². The molecular formula is C3H3N4. The molecule has 0 aliphatic carbocycles. The minimum atomic E-state index is 0.287. The second-order valence-electron chi connectivity index (χ2n) is 1.03. The molecule has 0 aliphatic rings. The molecule has 0 spiro atoms. The molecule has 4 heteroatoms. The lowest BCUT2D eigenvalue weighted by molar-refractivity contribution is 0.863. The van der Waals surface area contributed by atoms with E-state index in [4.69, 9.17) is 5.73 Å². The van der Waals surface area contributed by atoms with Crippen LogP contribution < -0.4 is 5.73 Å². The zero-order valence-electron chi connectivity index (χ0n) is 3.50. The molecule has 0 unspecified atom stereocenters. The van der Waals surface area contributed by atoms with E-state index in [2.05, 4.69) is 15.4 Å². The fourth-order valence-electron chi connectivity index (χ4n) is 0.239. The van der Waals surface area contributed by atoms with E-state index in [1.165, 1.54) is 12.4 Å². The van der Waals surface area contributed by atoms with Crippen LogP contribution in [0.3, 0.4) is 0 Å². The third kappa shape index (κ3) is 0.819. The summed E-state index contributed by atoms with van der Waals surface area (Å²) in [6.07, 6.45) is 2.65. The standard InChI is InChI=1S/C3H3N4/c4-3-1-5-7-6-2-3/h1-2,4H. The van der Waals surface area contributed by atoms with E-state index in [0.717, 1.165) is 0 Å². The number of nitrogens with zero attached hydrogens (tertiary/aromatic N) is 3. The van der Waals surface area contributed by atoms with Gasteiger partial charge in [-0.1, -0.05) is 0 Å². The summed E-state index contributed by atoms with van der Waals surface area (Å²) in [5, 5.41) is 9.90. The largest absolute Gasteiger partial charge is 0.298 e. The lowest BCUT2D eigenvalue weighted by atomic mass is 10.6. The zero-order chi connectivity index (χ0) is 5.11. The van der Waals surface area contributed by atoms with Crippen molar-refractivity contribution in [2.24, 2.45) is 0 Å². The van der Waals surface area contributed by atoms with Crippen LogP contribution in [-0.2, 0) is 0 Å². The lowest BCUT2D eigenvalue weighted by Crippen LogP contribution is -1.82. The van der Waals surface area contributed by atoms with E-state index in [9.17, 15) is 0 Å². The van der Waals surface area contributed by atoms with Crippen LogP contribution in [0.15, 0.2) is 12.4 Å². The second kappa shape index (κ2) is 1.51. The van der Waals surface area contributed by atoms with Gasteiger partial charge in [0.1, 0.15) is 0 Å². The number of nitrogens with one attached hydrogen (secondary N) is 1. The van der Waals surface area contributed by atoms with Crippen LogP contribution in [0.4, 0.5) is 5.69 Å². The summed E-state index contributed by atoms with van der Waals surface area (Å²) >= 11 is 0. The molecule has 0 aliphatic heterocycles. The van der Waals surface area contributed by atoms with Gasteiger partial charge in [-0.2, -0.15) is 0 Å². The molecule has 1 heterocycles. The average Bonchev–Trinajstić information content (AvgIpc) is 1.69. The molecule has 1 N–H and O–H groups in total. The van der Waals surface area contributed by atoms with Crippen LogP contribution >= 0.6 is 0 Å². The van der Waals surface area contributed by atoms with E-state index < -0.39 is 0 Å². The van der Waals surface area contributed by atoms with Crippen LogP contribution in [0, 0.1) is 0 Å². The van der Waals surface area contributed by atoms with Crippen LogP contribution in [0.2, 0.25) is 0 Å². The molecule has 7 heavy (non-hydrogen) atoms. The van der Waals surface area contributed by atoms with E-state index >= 15 is 0 Å². The lowest BCUT2D eigenvalue weighted by Gasteiger charge is -1.78. The Hall–Kier alpha value is -1.19. The molecule has 1 aromatic heterocycles. The van der Waals surface area contributed by atoms with Crippen LogP contribution in [-0.4, -0.2) is 15.4 Å². The smallest absolute Gasteiger partial charge is 0.0944 e. The van der Waals surface area contributed by atoms with Crippen LogP contribution in [0.5, 0.6) is 0 Å². The van der Waals surface area contributed by atoms with Crippen LogP contribution in [0.25, 0.3) is 0 Å². The SMILES string of the molecule is [NH]c1cnnnc1. The fourth-order valence-corrected chi connectivity index (χ4v) is 0.239. The quantitative estimate of drug-likeness (QED) is 0.447. The van der Waals surface area contributed by atoms with Crippen molar-refractivity contribution >= 4 is 5.69 Å². The Morgan fingerprint density at radius 2 is 1.86 bits per heavy atom. The van der Waals surface area contributed by atoms with Gasteiger partial charge < -0.3 is 0 Å². The van der Waals surface area contributed by atoms with Crippen molar-refractivity contribution in [3.8, 4) is 0 Å². The summed E-state index contributed by atoms with van der Waals surface area (Å²) in [7, 11) is 0. The average molecular weight is 95.1 g/mol. The maximum absolute atomic E-state index is 6.83. The highest BCUT2D eigenvalue weighted by Crippen LogP contribution is 1.90. The van der Waals surface area contributed by atoms with E-state index in [0.29, 0.717) is 0 Å². The summed E-state index contributed by atoms with van der Waals surface area (Å²) in [4.78, 5) is 0. The first-order chi connectivity index (χ1) is 3.39. The molecule has 35 valence electrons. The van der Waals surface area contributed by atoms with Gasteiger partial charge in [-0.15, -0.1) is 10.2 Å². The predicted molar refractivity (Wildman–Crippen MR) is 22.6 cm³/mol. The minimum absolute atomic E-state index is 0.287. The maximum atomic E-state index is 6.83. The highest BCUT2D eigenvalue weighted by atomic mass is 15.3. The van der Waals surface area contributed by atoms with Gasteiger partial charge in [0.25, 0.3) is 0 Å². The molecule has 1 aromatic rings. The highest BCUT2D eigenvalue weighted by Gasteiger charge is 1.77. The van der Waals surface area contributed by atoms with Crippen molar-refractivity contribution in [1.82, 2.24) is 21.1 Å². The van der Waals surface area contributed by atoms with Gasteiger partial charge in [0, 0.05) is 0 Å². The summed E-state index contributed by atoms with van der Waals surface area (Å²) in [6, 6.07) is 0. The minimum Gasteiger partial charge on any atom is -0.298 e. The molecule has 0 bridgehead atoms. The van der Waals surface area contributed by atoms with Crippen molar-refractivity contribution < 1.29 is 0 Å². The summed E-state index contributed by atoms with van der Waals surface area (Å²) < 4.78 is 0. The molecule has 0 atom stereocenters. The van der Waals surface area contributed by atoms with E-state index in [1.54, 1.807) is 0 Å². The Bertz CT molecular complexity index is 137. The fraction of sp³-hybridized carbons (Fsp3) is 0. The Morgan fingerprint density at radius 1 is 1.29 bits per heavy atom. The summed E-state index contributed by atoms with van der Waals surface area (Å²) in [6.45, 7) is 0. The molecule has 0 amide bonds. The molecule has 0 saturated heterocycles.